The van der Waals surface area contributed by atoms with Gasteiger partial charge in [-0.15, -0.1) is 0 Å². The number of hydrogen-bond donors (Lipinski definition) is 1. The summed E-state index contributed by atoms with van der Waals surface area (Å²) in [6, 6.07) is 4.70. The predicted octanol–water partition coefficient (Wildman–Crippen LogP) is 2.97. The summed E-state index contributed by atoms with van der Waals surface area (Å²) in [5, 5.41) is 3.40. The van der Waals surface area contributed by atoms with Crippen molar-refractivity contribution in [3.63, 3.8) is 0 Å². The van der Waals surface area contributed by atoms with Crippen LogP contribution in [0.1, 0.15) is 37.5 Å². The number of hydrogen-bond acceptors (Lipinski definition) is 2. The van der Waals surface area contributed by atoms with Gasteiger partial charge in [0.1, 0.15) is 0 Å². The third-order valence-corrected chi connectivity index (χ3v) is 3.53. The predicted molar refractivity (Wildman–Crippen MR) is 74.8 cm³/mol. The summed E-state index contributed by atoms with van der Waals surface area (Å²) in [6.45, 7) is 14.5. The van der Waals surface area contributed by atoms with Crippen LogP contribution in [0.3, 0.4) is 0 Å². The Morgan fingerprint density at radius 2 is 1.71 bits per heavy atom. The molecule has 0 spiro atoms. The molecule has 94 valence electrons. The molecule has 0 radical (unpaired) electrons. The third kappa shape index (κ3) is 2.47. The molecule has 1 saturated heterocycles. The van der Waals surface area contributed by atoms with Crippen molar-refractivity contribution in [1.29, 1.82) is 0 Å². The fourth-order valence-corrected chi connectivity index (χ4v) is 2.59. The van der Waals surface area contributed by atoms with Crippen LogP contribution in [0.2, 0.25) is 0 Å². The van der Waals surface area contributed by atoms with Gasteiger partial charge in [0.25, 0.3) is 0 Å². The summed E-state index contributed by atoms with van der Waals surface area (Å²) in [5.41, 5.74) is 5.89. The molecule has 1 aromatic carbocycles. The average molecular weight is 232 g/mol. The molecule has 0 unspecified atom stereocenters. The highest BCUT2D eigenvalue weighted by atomic mass is 15.3. The van der Waals surface area contributed by atoms with Crippen molar-refractivity contribution in [2.75, 3.05) is 24.7 Å². The van der Waals surface area contributed by atoms with Gasteiger partial charge in [-0.05, 0) is 36.0 Å². The second-order valence-corrected chi connectivity index (χ2v) is 6.13. The summed E-state index contributed by atoms with van der Waals surface area (Å²) in [5.74, 6) is 0. The Balaban J connectivity index is 2.42. The Bertz CT molecular complexity index is 386. The Morgan fingerprint density at radius 3 is 2.12 bits per heavy atom. The van der Waals surface area contributed by atoms with Gasteiger partial charge >= 0.3 is 0 Å². The first kappa shape index (κ1) is 12.4. The van der Waals surface area contributed by atoms with Crippen molar-refractivity contribution < 1.29 is 0 Å². The highest BCUT2D eigenvalue weighted by Crippen LogP contribution is 2.31. The van der Waals surface area contributed by atoms with E-state index in [1.165, 1.54) is 22.4 Å². The topological polar surface area (TPSA) is 15.3 Å². The largest absolute Gasteiger partial charge is 0.357 e. The molecule has 1 fully saturated rings. The van der Waals surface area contributed by atoms with Crippen LogP contribution < -0.4 is 10.2 Å². The van der Waals surface area contributed by atoms with Crippen LogP contribution in [0.5, 0.6) is 0 Å². The normalized spacial score (nSPS) is 16.6. The number of rotatable bonds is 1. The van der Waals surface area contributed by atoms with E-state index >= 15 is 0 Å². The van der Waals surface area contributed by atoms with Crippen molar-refractivity contribution in [1.82, 2.24) is 5.32 Å². The van der Waals surface area contributed by atoms with E-state index in [4.69, 9.17) is 0 Å². The minimum atomic E-state index is 0.233. The van der Waals surface area contributed by atoms with E-state index in [2.05, 4.69) is 57.0 Å². The maximum absolute atomic E-state index is 3.40. The average Bonchev–Trinajstić information content (AvgIpc) is 2.68. The van der Waals surface area contributed by atoms with Crippen molar-refractivity contribution in [3.8, 4) is 0 Å². The highest BCUT2D eigenvalue weighted by Gasteiger charge is 2.20. The van der Waals surface area contributed by atoms with Crippen LogP contribution in [0, 0.1) is 13.8 Å². The summed E-state index contributed by atoms with van der Waals surface area (Å²) in [6.07, 6.45) is 0. The van der Waals surface area contributed by atoms with Crippen molar-refractivity contribution >= 4 is 5.69 Å². The first-order valence-electron chi connectivity index (χ1n) is 6.47. The molecule has 0 saturated carbocycles. The number of nitrogens with one attached hydrogen (secondary N) is 1. The van der Waals surface area contributed by atoms with E-state index in [0.29, 0.717) is 0 Å². The zero-order valence-electron chi connectivity index (χ0n) is 11.7. The number of aryl methyl sites for hydroxylation is 2. The van der Waals surface area contributed by atoms with E-state index in [-0.39, 0.29) is 5.41 Å². The first-order chi connectivity index (χ1) is 7.89. The van der Waals surface area contributed by atoms with E-state index < -0.39 is 0 Å². The van der Waals surface area contributed by atoms with Gasteiger partial charge in [0.15, 0.2) is 0 Å². The summed E-state index contributed by atoms with van der Waals surface area (Å²) in [7, 11) is 0. The minimum Gasteiger partial charge on any atom is -0.357 e. The van der Waals surface area contributed by atoms with Gasteiger partial charge in [-0.1, -0.05) is 32.9 Å². The van der Waals surface area contributed by atoms with Gasteiger partial charge in [0.05, 0.1) is 6.67 Å². The highest BCUT2D eigenvalue weighted by molar-refractivity contribution is 5.61. The van der Waals surface area contributed by atoms with Crippen molar-refractivity contribution in [2.45, 2.75) is 40.0 Å². The van der Waals surface area contributed by atoms with Gasteiger partial charge < -0.3 is 4.90 Å². The fourth-order valence-electron chi connectivity index (χ4n) is 2.59. The Morgan fingerprint density at radius 1 is 1.12 bits per heavy atom. The second-order valence-electron chi connectivity index (χ2n) is 6.13. The molecule has 2 heteroatoms. The number of benzene rings is 1. The molecule has 0 bridgehead atoms. The molecule has 2 rings (SSSR count). The lowest BCUT2D eigenvalue weighted by Gasteiger charge is -2.26. The van der Waals surface area contributed by atoms with Crippen LogP contribution in [0.15, 0.2) is 12.1 Å². The Hall–Kier alpha value is -1.02. The van der Waals surface area contributed by atoms with Crippen molar-refractivity contribution in [2.24, 2.45) is 0 Å². The lowest BCUT2D eigenvalue weighted by atomic mass is 9.84. The third-order valence-electron chi connectivity index (χ3n) is 3.53. The van der Waals surface area contributed by atoms with E-state index in [1.54, 1.807) is 0 Å². The fraction of sp³-hybridized carbons (Fsp3) is 0.600. The van der Waals surface area contributed by atoms with Gasteiger partial charge in [-0.2, -0.15) is 0 Å². The molecule has 1 aliphatic heterocycles. The monoisotopic (exact) mass is 232 g/mol. The lowest BCUT2D eigenvalue weighted by molar-refractivity contribution is 0.589. The molecular formula is C15H24N2. The number of anilines is 1. The number of nitrogens with zero attached hydrogens (tertiary/aromatic N) is 1. The van der Waals surface area contributed by atoms with Gasteiger partial charge in [0.2, 0.25) is 0 Å². The maximum Gasteiger partial charge on any atom is 0.0683 e. The maximum atomic E-state index is 3.40. The quantitative estimate of drug-likeness (QED) is 0.801. The zero-order chi connectivity index (χ0) is 12.6. The molecule has 0 amide bonds. The molecule has 2 nitrogen and oxygen atoms in total. The van der Waals surface area contributed by atoms with E-state index in [1.807, 2.05) is 0 Å². The van der Waals surface area contributed by atoms with E-state index in [9.17, 15) is 0 Å². The van der Waals surface area contributed by atoms with Gasteiger partial charge in [-0.3, -0.25) is 5.32 Å². The van der Waals surface area contributed by atoms with Crippen LogP contribution in [-0.4, -0.2) is 19.8 Å². The molecule has 0 atom stereocenters. The molecule has 17 heavy (non-hydrogen) atoms. The molecular weight excluding hydrogens is 208 g/mol. The molecule has 1 N–H and O–H groups in total. The summed E-state index contributed by atoms with van der Waals surface area (Å²) >= 11 is 0. The molecule has 1 aromatic rings. The molecule has 1 aliphatic rings. The minimum absolute atomic E-state index is 0.233. The summed E-state index contributed by atoms with van der Waals surface area (Å²) < 4.78 is 0. The second kappa shape index (κ2) is 4.34. The molecule has 1 heterocycles. The van der Waals surface area contributed by atoms with Crippen LogP contribution >= 0.6 is 0 Å². The van der Waals surface area contributed by atoms with Crippen LogP contribution in [0.4, 0.5) is 5.69 Å². The van der Waals surface area contributed by atoms with E-state index in [0.717, 1.165) is 19.8 Å². The van der Waals surface area contributed by atoms with Crippen LogP contribution in [0.25, 0.3) is 0 Å². The van der Waals surface area contributed by atoms with Gasteiger partial charge in [0, 0.05) is 18.8 Å². The smallest absolute Gasteiger partial charge is 0.0683 e. The van der Waals surface area contributed by atoms with Gasteiger partial charge in [-0.25, -0.2) is 0 Å². The molecule has 0 aliphatic carbocycles. The van der Waals surface area contributed by atoms with Crippen molar-refractivity contribution in [3.05, 3.63) is 28.8 Å². The Labute approximate surface area is 105 Å². The Kier molecular flexibility index (Phi) is 3.17. The summed E-state index contributed by atoms with van der Waals surface area (Å²) in [4.78, 5) is 2.44. The SMILES string of the molecule is Cc1cc(C(C)(C)C)cc(C)c1N1CCNC1. The molecule has 0 aromatic heterocycles. The van der Waals surface area contributed by atoms with Crippen LogP contribution in [-0.2, 0) is 5.41 Å². The first-order valence-corrected chi connectivity index (χ1v) is 6.47. The standard InChI is InChI=1S/C15H24N2/c1-11-8-13(15(3,4)5)9-12(2)14(11)17-7-6-16-10-17/h8-9,16H,6-7,10H2,1-5H3. The lowest BCUT2D eigenvalue weighted by Crippen LogP contribution is -2.23. The zero-order valence-corrected chi connectivity index (χ0v) is 11.7.